The van der Waals surface area contributed by atoms with Gasteiger partial charge >= 0.3 is 0 Å². The van der Waals surface area contributed by atoms with Gasteiger partial charge in [0.25, 0.3) is 5.91 Å². The predicted molar refractivity (Wildman–Crippen MR) is 136 cm³/mol. The molecule has 5 heteroatoms. The van der Waals surface area contributed by atoms with E-state index in [1.165, 1.54) is 25.7 Å². The quantitative estimate of drug-likeness (QED) is 0.321. The van der Waals surface area contributed by atoms with E-state index in [0.29, 0.717) is 24.5 Å². The predicted octanol–water partition coefficient (Wildman–Crippen LogP) is 6.81. The van der Waals surface area contributed by atoms with E-state index in [4.69, 9.17) is 9.47 Å². The number of para-hydroxylation sites is 1. The summed E-state index contributed by atoms with van der Waals surface area (Å²) in [5.74, 6) is 1.42. The number of fused-ring (bicyclic) bond motifs is 1. The van der Waals surface area contributed by atoms with Crippen molar-refractivity contribution in [3.05, 3.63) is 89.5 Å². The Morgan fingerprint density at radius 2 is 1.65 bits per heavy atom. The van der Waals surface area contributed by atoms with Gasteiger partial charge < -0.3 is 19.7 Å². The number of rotatable bonds is 11. The zero-order chi connectivity index (χ0) is 23.8. The Morgan fingerprint density at radius 1 is 0.882 bits per heavy atom. The second kappa shape index (κ2) is 11.6. The summed E-state index contributed by atoms with van der Waals surface area (Å²) in [7, 11) is 1.66. The van der Waals surface area contributed by atoms with E-state index in [1.54, 1.807) is 7.11 Å². The maximum absolute atomic E-state index is 13.5. The van der Waals surface area contributed by atoms with E-state index in [-0.39, 0.29) is 12.1 Å². The molecule has 0 aliphatic carbocycles. The average molecular weight is 459 g/mol. The fourth-order valence-electron chi connectivity index (χ4n) is 4.36. The van der Waals surface area contributed by atoms with Crippen molar-refractivity contribution in [3.63, 3.8) is 0 Å². The first kappa shape index (κ1) is 23.7. The molecular formula is C29H34N2O3. The van der Waals surface area contributed by atoms with Crippen LogP contribution in [0.1, 0.15) is 66.7 Å². The molecule has 1 unspecified atom stereocenters. The Bertz CT molecular complexity index is 1080. The number of ether oxygens (including phenoxy) is 2. The second-order valence-corrected chi connectivity index (χ2v) is 8.68. The molecular weight excluding hydrogens is 424 g/mol. The molecule has 5 nitrogen and oxygen atoms in total. The normalized spacial score (nSPS) is 14.9. The Morgan fingerprint density at radius 3 is 2.44 bits per heavy atom. The van der Waals surface area contributed by atoms with E-state index in [1.807, 2.05) is 77.7 Å². The summed E-state index contributed by atoms with van der Waals surface area (Å²) in [6.07, 6.45) is 5.64. The lowest BCUT2D eigenvalue weighted by atomic mass is 10.0. The van der Waals surface area contributed by atoms with Crippen LogP contribution in [-0.2, 0) is 6.54 Å². The molecule has 3 aromatic rings. The van der Waals surface area contributed by atoms with Crippen molar-refractivity contribution in [2.45, 2.75) is 51.7 Å². The van der Waals surface area contributed by atoms with Gasteiger partial charge in [-0.15, -0.1) is 0 Å². The van der Waals surface area contributed by atoms with Crippen LogP contribution in [0.2, 0.25) is 0 Å². The Balaban J connectivity index is 1.56. The van der Waals surface area contributed by atoms with Gasteiger partial charge in [-0.3, -0.25) is 4.79 Å². The number of hydrogen-bond donors (Lipinski definition) is 1. The number of amides is 1. The van der Waals surface area contributed by atoms with Crippen LogP contribution in [0.15, 0.2) is 72.8 Å². The molecule has 0 saturated heterocycles. The van der Waals surface area contributed by atoms with Crippen LogP contribution >= 0.6 is 0 Å². The van der Waals surface area contributed by atoms with Crippen LogP contribution in [0, 0.1) is 0 Å². The van der Waals surface area contributed by atoms with Crippen LogP contribution in [0.5, 0.6) is 11.5 Å². The van der Waals surface area contributed by atoms with Gasteiger partial charge in [0.15, 0.2) is 11.5 Å². The van der Waals surface area contributed by atoms with Crippen LogP contribution in [0.25, 0.3) is 0 Å². The van der Waals surface area contributed by atoms with Crippen molar-refractivity contribution in [1.82, 2.24) is 4.90 Å². The Labute approximate surface area is 202 Å². The van der Waals surface area contributed by atoms with Gasteiger partial charge in [0, 0.05) is 12.2 Å². The molecule has 1 amide bonds. The Hall–Kier alpha value is -3.47. The standard InChI is InChI=1S/C29H34N2O3/c1-3-4-5-6-12-19-34-26-18-17-23(20-27(26)33-2)28-30-25-16-11-10-15-24(25)29(32)31(28)21-22-13-8-7-9-14-22/h7-11,13-18,20,28,30H,3-6,12,19,21H2,1-2H3. The number of unbranched alkanes of at least 4 members (excludes halogenated alkanes) is 4. The van der Waals surface area contributed by atoms with Crippen molar-refractivity contribution >= 4 is 11.6 Å². The molecule has 0 bridgehead atoms. The number of hydrogen-bond acceptors (Lipinski definition) is 4. The summed E-state index contributed by atoms with van der Waals surface area (Å²) in [6.45, 7) is 3.40. The smallest absolute Gasteiger partial charge is 0.258 e. The van der Waals surface area contributed by atoms with Crippen molar-refractivity contribution in [2.24, 2.45) is 0 Å². The van der Waals surface area contributed by atoms with Crippen LogP contribution < -0.4 is 14.8 Å². The van der Waals surface area contributed by atoms with Crippen molar-refractivity contribution in [3.8, 4) is 11.5 Å². The van der Waals surface area contributed by atoms with Crippen LogP contribution in [-0.4, -0.2) is 24.5 Å². The fourth-order valence-corrected chi connectivity index (χ4v) is 4.36. The number of nitrogens with zero attached hydrogens (tertiary/aromatic N) is 1. The average Bonchev–Trinajstić information content (AvgIpc) is 2.88. The van der Waals surface area contributed by atoms with Gasteiger partial charge in [-0.25, -0.2) is 0 Å². The van der Waals surface area contributed by atoms with Gasteiger partial charge in [-0.05, 0) is 41.8 Å². The van der Waals surface area contributed by atoms with Crippen molar-refractivity contribution in [2.75, 3.05) is 19.0 Å². The molecule has 1 atom stereocenters. The summed E-state index contributed by atoms with van der Waals surface area (Å²) in [6, 6.07) is 23.7. The highest BCUT2D eigenvalue weighted by molar-refractivity contribution is 6.01. The Kier molecular flexibility index (Phi) is 8.08. The first-order valence-corrected chi connectivity index (χ1v) is 12.2. The van der Waals surface area contributed by atoms with Gasteiger partial charge in [0.05, 0.1) is 19.3 Å². The van der Waals surface area contributed by atoms with Crippen LogP contribution in [0.3, 0.4) is 0 Å². The maximum atomic E-state index is 13.5. The van der Waals surface area contributed by atoms with E-state index in [2.05, 4.69) is 12.2 Å². The lowest BCUT2D eigenvalue weighted by Gasteiger charge is -2.38. The van der Waals surface area contributed by atoms with Crippen molar-refractivity contribution < 1.29 is 14.3 Å². The highest BCUT2D eigenvalue weighted by Crippen LogP contribution is 2.37. The first-order valence-electron chi connectivity index (χ1n) is 12.2. The monoisotopic (exact) mass is 458 g/mol. The number of methoxy groups -OCH3 is 1. The number of carbonyl (C=O) groups excluding carboxylic acids is 1. The zero-order valence-corrected chi connectivity index (χ0v) is 20.1. The summed E-state index contributed by atoms with van der Waals surface area (Å²) < 4.78 is 11.7. The summed E-state index contributed by atoms with van der Waals surface area (Å²) in [5.41, 5.74) is 3.56. The molecule has 0 saturated carbocycles. The second-order valence-electron chi connectivity index (χ2n) is 8.68. The largest absolute Gasteiger partial charge is 0.493 e. The molecule has 1 aliphatic rings. The summed E-state index contributed by atoms with van der Waals surface area (Å²) in [4.78, 5) is 15.4. The molecule has 4 rings (SSSR count). The van der Waals surface area contributed by atoms with Gasteiger partial charge in [0.2, 0.25) is 0 Å². The third-order valence-electron chi connectivity index (χ3n) is 6.23. The van der Waals surface area contributed by atoms with Gasteiger partial charge in [0.1, 0.15) is 6.17 Å². The number of carbonyl (C=O) groups is 1. The molecule has 0 radical (unpaired) electrons. The fraction of sp³-hybridized carbons (Fsp3) is 0.345. The molecule has 1 heterocycles. The molecule has 0 spiro atoms. The van der Waals surface area contributed by atoms with E-state index in [0.717, 1.165) is 29.0 Å². The number of anilines is 1. The highest BCUT2D eigenvalue weighted by atomic mass is 16.5. The highest BCUT2D eigenvalue weighted by Gasteiger charge is 2.33. The van der Waals surface area contributed by atoms with Crippen LogP contribution in [0.4, 0.5) is 5.69 Å². The SMILES string of the molecule is CCCCCCCOc1ccc(C2Nc3ccccc3C(=O)N2Cc2ccccc2)cc1OC. The summed E-state index contributed by atoms with van der Waals surface area (Å²) >= 11 is 0. The van der Waals surface area contributed by atoms with E-state index >= 15 is 0 Å². The minimum atomic E-state index is -0.320. The minimum Gasteiger partial charge on any atom is -0.493 e. The molecule has 1 aliphatic heterocycles. The summed E-state index contributed by atoms with van der Waals surface area (Å²) in [5, 5.41) is 3.57. The molecule has 0 aromatic heterocycles. The van der Waals surface area contributed by atoms with Crippen molar-refractivity contribution in [1.29, 1.82) is 0 Å². The topological polar surface area (TPSA) is 50.8 Å². The molecule has 3 aromatic carbocycles. The minimum absolute atomic E-state index is 0.00887. The lowest BCUT2D eigenvalue weighted by Crippen LogP contribution is -2.42. The molecule has 178 valence electrons. The third kappa shape index (κ3) is 5.53. The zero-order valence-electron chi connectivity index (χ0n) is 20.1. The molecule has 34 heavy (non-hydrogen) atoms. The first-order chi connectivity index (χ1) is 16.7. The van der Waals surface area contributed by atoms with E-state index < -0.39 is 0 Å². The van der Waals surface area contributed by atoms with Gasteiger partial charge in [-0.1, -0.05) is 81.1 Å². The van der Waals surface area contributed by atoms with Gasteiger partial charge in [-0.2, -0.15) is 0 Å². The third-order valence-corrected chi connectivity index (χ3v) is 6.23. The lowest BCUT2D eigenvalue weighted by molar-refractivity contribution is 0.0666. The molecule has 1 N–H and O–H groups in total. The number of benzene rings is 3. The van der Waals surface area contributed by atoms with E-state index in [9.17, 15) is 4.79 Å². The number of nitrogens with one attached hydrogen (secondary N) is 1. The molecule has 0 fully saturated rings. The maximum Gasteiger partial charge on any atom is 0.258 e.